The zero-order chi connectivity index (χ0) is 11.4. The molecule has 0 aliphatic rings. The molecule has 0 aliphatic heterocycles. The standard InChI is InChI=1S/C11H16ClNO2/c1-7-5-9(15-4)11(13-6-14-3)8(2)10(7)12/h5,13H,6H2,1-4H3. The molecule has 0 saturated carbocycles. The summed E-state index contributed by atoms with van der Waals surface area (Å²) in [6.45, 7) is 4.34. The van der Waals surface area contributed by atoms with E-state index in [1.807, 2.05) is 19.9 Å². The van der Waals surface area contributed by atoms with Crippen molar-refractivity contribution < 1.29 is 9.47 Å². The van der Waals surface area contributed by atoms with Crippen LogP contribution in [-0.2, 0) is 4.74 Å². The molecule has 1 N–H and O–H groups in total. The van der Waals surface area contributed by atoms with Crippen molar-refractivity contribution in [2.75, 3.05) is 26.3 Å². The van der Waals surface area contributed by atoms with Gasteiger partial charge in [-0.15, -0.1) is 0 Å². The van der Waals surface area contributed by atoms with E-state index in [4.69, 9.17) is 21.1 Å². The number of methoxy groups -OCH3 is 2. The van der Waals surface area contributed by atoms with Crippen molar-refractivity contribution in [3.63, 3.8) is 0 Å². The minimum absolute atomic E-state index is 0.427. The number of anilines is 1. The Labute approximate surface area is 95.3 Å². The second-order valence-corrected chi connectivity index (χ2v) is 3.70. The van der Waals surface area contributed by atoms with Crippen molar-refractivity contribution in [1.82, 2.24) is 0 Å². The van der Waals surface area contributed by atoms with Gasteiger partial charge >= 0.3 is 0 Å². The van der Waals surface area contributed by atoms with E-state index in [0.717, 1.165) is 27.6 Å². The number of rotatable bonds is 4. The average Bonchev–Trinajstić information content (AvgIpc) is 2.24. The molecule has 0 saturated heterocycles. The highest BCUT2D eigenvalue weighted by Gasteiger charge is 2.11. The summed E-state index contributed by atoms with van der Waals surface area (Å²) in [7, 11) is 3.27. The average molecular weight is 230 g/mol. The fourth-order valence-electron chi connectivity index (χ4n) is 1.45. The quantitative estimate of drug-likeness (QED) is 0.806. The molecule has 0 fully saturated rings. The third-order valence-corrected chi connectivity index (χ3v) is 2.84. The molecule has 0 atom stereocenters. The number of hydrogen-bond acceptors (Lipinski definition) is 3. The Morgan fingerprint density at radius 1 is 1.33 bits per heavy atom. The van der Waals surface area contributed by atoms with E-state index in [1.54, 1.807) is 14.2 Å². The van der Waals surface area contributed by atoms with Crippen molar-refractivity contribution in [2.24, 2.45) is 0 Å². The Kier molecular flexibility index (Phi) is 4.24. The molecule has 0 amide bonds. The van der Waals surface area contributed by atoms with Crippen molar-refractivity contribution in [3.8, 4) is 5.75 Å². The molecule has 0 bridgehead atoms. The van der Waals surface area contributed by atoms with Gasteiger partial charge in [-0.25, -0.2) is 0 Å². The molecule has 0 heterocycles. The van der Waals surface area contributed by atoms with Crippen molar-refractivity contribution >= 4 is 17.3 Å². The molecule has 0 unspecified atom stereocenters. The predicted molar refractivity (Wildman–Crippen MR) is 63.0 cm³/mol. The Morgan fingerprint density at radius 2 is 2.00 bits per heavy atom. The molecule has 0 aromatic heterocycles. The Hall–Kier alpha value is -0.930. The molecule has 1 rings (SSSR count). The van der Waals surface area contributed by atoms with Gasteiger partial charge in [0.05, 0.1) is 12.8 Å². The summed E-state index contributed by atoms with van der Waals surface area (Å²) < 4.78 is 10.2. The number of benzene rings is 1. The highest BCUT2D eigenvalue weighted by atomic mass is 35.5. The van der Waals surface area contributed by atoms with E-state index in [0.29, 0.717) is 6.73 Å². The third-order valence-electron chi connectivity index (χ3n) is 2.26. The van der Waals surface area contributed by atoms with Gasteiger partial charge in [0, 0.05) is 12.1 Å². The van der Waals surface area contributed by atoms with Crippen LogP contribution < -0.4 is 10.1 Å². The fraction of sp³-hybridized carbons (Fsp3) is 0.455. The summed E-state index contributed by atoms with van der Waals surface area (Å²) in [6.07, 6.45) is 0. The lowest BCUT2D eigenvalue weighted by Gasteiger charge is -2.16. The lowest BCUT2D eigenvalue weighted by Crippen LogP contribution is -2.07. The van der Waals surface area contributed by atoms with Crippen LogP contribution in [0.4, 0.5) is 5.69 Å². The summed E-state index contributed by atoms with van der Waals surface area (Å²) in [5, 5.41) is 3.88. The van der Waals surface area contributed by atoms with Crippen LogP contribution in [0.2, 0.25) is 5.02 Å². The Balaban J connectivity index is 3.15. The number of hydrogen-bond donors (Lipinski definition) is 1. The Morgan fingerprint density at radius 3 is 2.53 bits per heavy atom. The van der Waals surface area contributed by atoms with Crippen molar-refractivity contribution in [1.29, 1.82) is 0 Å². The van der Waals surface area contributed by atoms with E-state index in [9.17, 15) is 0 Å². The normalized spacial score (nSPS) is 10.2. The van der Waals surface area contributed by atoms with Crippen molar-refractivity contribution in [3.05, 3.63) is 22.2 Å². The molecule has 0 aliphatic carbocycles. The first-order chi connectivity index (χ1) is 7.11. The maximum absolute atomic E-state index is 6.15. The molecule has 15 heavy (non-hydrogen) atoms. The van der Waals surface area contributed by atoms with Crippen LogP contribution >= 0.6 is 11.6 Å². The molecule has 1 aromatic carbocycles. The maximum Gasteiger partial charge on any atom is 0.142 e. The van der Waals surface area contributed by atoms with Gasteiger partial charge in [-0.05, 0) is 31.0 Å². The van der Waals surface area contributed by atoms with E-state index in [-0.39, 0.29) is 0 Å². The maximum atomic E-state index is 6.15. The van der Waals surface area contributed by atoms with Gasteiger partial charge in [-0.1, -0.05) is 11.6 Å². The Bertz CT molecular complexity index is 353. The van der Waals surface area contributed by atoms with Crippen LogP contribution in [0.3, 0.4) is 0 Å². The van der Waals surface area contributed by atoms with Gasteiger partial charge in [-0.2, -0.15) is 0 Å². The van der Waals surface area contributed by atoms with Crippen LogP contribution in [0, 0.1) is 13.8 Å². The van der Waals surface area contributed by atoms with E-state index in [2.05, 4.69) is 5.32 Å². The van der Waals surface area contributed by atoms with Gasteiger partial charge in [0.15, 0.2) is 0 Å². The summed E-state index contributed by atoms with van der Waals surface area (Å²) in [4.78, 5) is 0. The summed E-state index contributed by atoms with van der Waals surface area (Å²) in [5.74, 6) is 0.784. The molecular formula is C11H16ClNO2. The zero-order valence-corrected chi connectivity index (χ0v) is 10.2. The predicted octanol–water partition coefficient (Wildman–Crippen LogP) is 2.98. The minimum Gasteiger partial charge on any atom is -0.495 e. The molecule has 84 valence electrons. The second-order valence-electron chi connectivity index (χ2n) is 3.32. The van der Waals surface area contributed by atoms with Crippen LogP contribution in [0.5, 0.6) is 5.75 Å². The van der Waals surface area contributed by atoms with Gasteiger partial charge in [0.1, 0.15) is 12.5 Å². The van der Waals surface area contributed by atoms with E-state index in [1.165, 1.54) is 0 Å². The highest BCUT2D eigenvalue weighted by molar-refractivity contribution is 6.32. The molecule has 0 spiro atoms. The first-order valence-corrected chi connectivity index (χ1v) is 5.06. The van der Waals surface area contributed by atoms with E-state index >= 15 is 0 Å². The van der Waals surface area contributed by atoms with Gasteiger partial charge < -0.3 is 14.8 Å². The van der Waals surface area contributed by atoms with Crippen LogP contribution in [-0.4, -0.2) is 21.0 Å². The first kappa shape index (κ1) is 12.1. The number of halogens is 1. The van der Waals surface area contributed by atoms with E-state index < -0.39 is 0 Å². The van der Waals surface area contributed by atoms with Crippen LogP contribution in [0.25, 0.3) is 0 Å². The molecule has 0 radical (unpaired) electrons. The van der Waals surface area contributed by atoms with Gasteiger partial charge in [0.2, 0.25) is 0 Å². The number of ether oxygens (including phenoxy) is 2. The summed E-state index contributed by atoms with van der Waals surface area (Å²) in [6, 6.07) is 1.91. The SMILES string of the molecule is COCNc1c(OC)cc(C)c(Cl)c1C. The molecule has 1 aromatic rings. The molecule has 3 nitrogen and oxygen atoms in total. The van der Waals surface area contributed by atoms with Crippen molar-refractivity contribution in [2.45, 2.75) is 13.8 Å². The highest BCUT2D eigenvalue weighted by Crippen LogP contribution is 2.35. The largest absolute Gasteiger partial charge is 0.495 e. The summed E-state index contributed by atoms with van der Waals surface area (Å²) >= 11 is 6.15. The monoisotopic (exact) mass is 229 g/mol. The first-order valence-electron chi connectivity index (χ1n) is 4.68. The number of aryl methyl sites for hydroxylation is 1. The fourth-order valence-corrected chi connectivity index (χ4v) is 1.60. The van der Waals surface area contributed by atoms with Crippen LogP contribution in [0.1, 0.15) is 11.1 Å². The second kappa shape index (κ2) is 5.24. The topological polar surface area (TPSA) is 30.5 Å². The smallest absolute Gasteiger partial charge is 0.142 e. The lowest BCUT2D eigenvalue weighted by molar-refractivity contribution is 0.221. The zero-order valence-electron chi connectivity index (χ0n) is 9.48. The lowest BCUT2D eigenvalue weighted by atomic mass is 10.1. The molecule has 4 heteroatoms. The molecular weight excluding hydrogens is 214 g/mol. The summed E-state index contributed by atoms with van der Waals surface area (Å²) in [5.41, 5.74) is 2.87. The van der Waals surface area contributed by atoms with Crippen LogP contribution in [0.15, 0.2) is 6.07 Å². The van der Waals surface area contributed by atoms with Gasteiger partial charge in [-0.3, -0.25) is 0 Å². The van der Waals surface area contributed by atoms with Gasteiger partial charge in [0.25, 0.3) is 0 Å². The number of nitrogens with one attached hydrogen (secondary N) is 1. The third kappa shape index (κ3) is 2.55. The minimum atomic E-state index is 0.427.